The first-order valence-corrected chi connectivity index (χ1v) is 9.74. The quantitative estimate of drug-likeness (QED) is 0.435. The van der Waals surface area contributed by atoms with E-state index in [2.05, 4.69) is 15.3 Å². The van der Waals surface area contributed by atoms with E-state index in [1.165, 1.54) is 0 Å². The summed E-state index contributed by atoms with van der Waals surface area (Å²) in [6.45, 7) is 0.928. The van der Waals surface area contributed by atoms with Crippen molar-refractivity contribution in [3.63, 3.8) is 0 Å². The molecule has 0 saturated heterocycles. The van der Waals surface area contributed by atoms with Crippen LogP contribution in [0.2, 0.25) is 0 Å². The normalized spacial score (nSPS) is 10.5. The van der Waals surface area contributed by atoms with Crippen molar-refractivity contribution in [3.8, 4) is 5.88 Å². The van der Waals surface area contributed by atoms with Crippen LogP contribution in [0.4, 0.5) is 5.69 Å². The molecule has 0 radical (unpaired) electrons. The number of hydrogen-bond donors (Lipinski definition) is 1. The Hall–Kier alpha value is -2.90. The van der Waals surface area contributed by atoms with Gasteiger partial charge in [0.15, 0.2) is 0 Å². The van der Waals surface area contributed by atoms with Gasteiger partial charge in [0.25, 0.3) is 5.91 Å². The lowest BCUT2D eigenvalue weighted by Gasteiger charge is -2.08. The monoisotopic (exact) mass is 395 g/mol. The van der Waals surface area contributed by atoms with Gasteiger partial charge in [-0.15, -0.1) is 11.8 Å². The molecule has 0 bridgehead atoms. The third kappa shape index (κ3) is 6.07. The lowest BCUT2D eigenvalue weighted by Crippen LogP contribution is -2.12. The number of pyridine rings is 2. The zero-order valence-electron chi connectivity index (χ0n) is 15.5. The number of thioether (sulfide) groups is 1. The van der Waals surface area contributed by atoms with Crippen LogP contribution in [0.1, 0.15) is 15.9 Å². The van der Waals surface area contributed by atoms with E-state index in [4.69, 9.17) is 9.47 Å². The molecule has 1 aromatic carbocycles. The van der Waals surface area contributed by atoms with Crippen LogP contribution in [0, 0.1) is 0 Å². The number of hydrogen-bond acceptors (Lipinski definition) is 6. The summed E-state index contributed by atoms with van der Waals surface area (Å²) in [5.74, 6) is 1.15. The van der Waals surface area contributed by atoms with Crippen LogP contribution in [0.25, 0.3) is 0 Å². The SMILES string of the molecule is COCCOc1ccc(NC(=O)c2ccc(SCc3cccnc3)cc2)cn1. The largest absolute Gasteiger partial charge is 0.475 e. The van der Waals surface area contributed by atoms with Crippen molar-refractivity contribution in [2.75, 3.05) is 25.6 Å². The van der Waals surface area contributed by atoms with Gasteiger partial charge in [0.2, 0.25) is 5.88 Å². The van der Waals surface area contributed by atoms with Gasteiger partial charge in [-0.1, -0.05) is 6.07 Å². The molecule has 0 aliphatic rings. The fraction of sp³-hybridized carbons (Fsp3) is 0.190. The molecule has 0 fully saturated rings. The predicted octanol–water partition coefficient (Wildman–Crippen LogP) is 4.05. The molecule has 0 aliphatic carbocycles. The highest BCUT2D eigenvalue weighted by Crippen LogP contribution is 2.23. The molecular weight excluding hydrogens is 374 g/mol. The first kappa shape index (κ1) is 19.9. The van der Waals surface area contributed by atoms with Gasteiger partial charge in [-0.2, -0.15) is 0 Å². The summed E-state index contributed by atoms with van der Waals surface area (Å²) in [5.41, 5.74) is 2.36. The number of nitrogens with zero attached hydrogens (tertiary/aromatic N) is 2. The van der Waals surface area contributed by atoms with Crippen molar-refractivity contribution >= 4 is 23.4 Å². The summed E-state index contributed by atoms with van der Waals surface area (Å²) in [6.07, 6.45) is 5.19. The Kier molecular flexibility index (Phi) is 7.40. The lowest BCUT2D eigenvalue weighted by molar-refractivity contribution is 0.102. The van der Waals surface area contributed by atoms with E-state index in [1.807, 2.05) is 42.6 Å². The van der Waals surface area contributed by atoms with Crippen LogP contribution < -0.4 is 10.1 Å². The number of ether oxygens (including phenoxy) is 2. The van der Waals surface area contributed by atoms with E-state index in [0.717, 1.165) is 16.2 Å². The maximum absolute atomic E-state index is 12.4. The summed E-state index contributed by atoms with van der Waals surface area (Å²) < 4.78 is 10.3. The maximum Gasteiger partial charge on any atom is 0.255 e. The van der Waals surface area contributed by atoms with Gasteiger partial charge in [-0.05, 0) is 42.0 Å². The van der Waals surface area contributed by atoms with Crippen molar-refractivity contribution in [2.45, 2.75) is 10.6 Å². The van der Waals surface area contributed by atoms with Crippen molar-refractivity contribution in [1.82, 2.24) is 9.97 Å². The Labute approximate surface area is 168 Å². The second kappa shape index (κ2) is 10.4. The van der Waals surface area contributed by atoms with Gasteiger partial charge >= 0.3 is 0 Å². The minimum atomic E-state index is -0.182. The summed E-state index contributed by atoms with van der Waals surface area (Å²) >= 11 is 1.70. The molecule has 0 unspecified atom stereocenters. The third-order valence-corrected chi connectivity index (χ3v) is 4.86. The molecule has 0 saturated carbocycles. The molecular formula is C21H21N3O3S. The predicted molar refractivity (Wildman–Crippen MR) is 110 cm³/mol. The molecule has 3 rings (SSSR count). The summed E-state index contributed by atoms with van der Waals surface area (Å²) in [5, 5.41) is 2.83. The smallest absolute Gasteiger partial charge is 0.255 e. The number of benzene rings is 1. The molecule has 0 spiro atoms. The average molecular weight is 395 g/mol. The molecule has 28 heavy (non-hydrogen) atoms. The number of carbonyl (C=O) groups is 1. The number of methoxy groups -OCH3 is 1. The number of nitrogens with one attached hydrogen (secondary N) is 1. The third-order valence-electron chi connectivity index (χ3n) is 3.78. The Morgan fingerprint density at radius 1 is 1.07 bits per heavy atom. The maximum atomic E-state index is 12.4. The minimum Gasteiger partial charge on any atom is -0.475 e. The number of aromatic nitrogens is 2. The van der Waals surface area contributed by atoms with E-state index in [-0.39, 0.29) is 5.91 Å². The highest BCUT2D eigenvalue weighted by Gasteiger charge is 2.07. The van der Waals surface area contributed by atoms with Crippen molar-refractivity contribution in [3.05, 3.63) is 78.2 Å². The molecule has 144 valence electrons. The Morgan fingerprint density at radius 2 is 1.93 bits per heavy atom. The highest BCUT2D eigenvalue weighted by molar-refractivity contribution is 7.98. The summed E-state index contributed by atoms with van der Waals surface area (Å²) in [6, 6.07) is 15.0. The average Bonchev–Trinajstić information content (AvgIpc) is 2.75. The molecule has 1 N–H and O–H groups in total. The minimum absolute atomic E-state index is 0.182. The van der Waals surface area contributed by atoms with Gasteiger partial charge in [0.05, 0.1) is 18.5 Å². The summed E-state index contributed by atoms with van der Waals surface area (Å²) in [7, 11) is 1.61. The molecule has 0 aliphatic heterocycles. The topological polar surface area (TPSA) is 73.3 Å². The van der Waals surface area contributed by atoms with Crippen molar-refractivity contribution in [2.24, 2.45) is 0 Å². The number of rotatable bonds is 9. The van der Waals surface area contributed by atoms with E-state index < -0.39 is 0 Å². The van der Waals surface area contributed by atoms with Gasteiger partial charge in [0, 0.05) is 41.8 Å². The first-order valence-electron chi connectivity index (χ1n) is 8.75. The molecule has 3 aromatic rings. The lowest BCUT2D eigenvalue weighted by atomic mass is 10.2. The molecule has 6 nitrogen and oxygen atoms in total. The fourth-order valence-corrected chi connectivity index (χ4v) is 3.16. The van der Waals surface area contributed by atoms with Crippen LogP contribution in [-0.2, 0) is 10.5 Å². The molecule has 2 aromatic heterocycles. The number of carbonyl (C=O) groups excluding carboxylic acids is 1. The Balaban J connectivity index is 1.51. The van der Waals surface area contributed by atoms with Crippen LogP contribution in [-0.4, -0.2) is 36.2 Å². The fourth-order valence-electron chi connectivity index (χ4n) is 2.33. The van der Waals surface area contributed by atoms with Crippen LogP contribution in [0.3, 0.4) is 0 Å². The molecule has 2 heterocycles. The second-order valence-corrected chi connectivity index (χ2v) is 6.90. The standard InChI is InChI=1S/C21H21N3O3S/c1-26-11-12-27-20-9-6-18(14-23-20)24-21(25)17-4-7-19(8-5-17)28-15-16-3-2-10-22-13-16/h2-10,13-14H,11-12,15H2,1H3,(H,24,25). The van der Waals surface area contributed by atoms with Crippen LogP contribution in [0.5, 0.6) is 5.88 Å². The van der Waals surface area contributed by atoms with E-state index in [9.17, 15) is 4.79 Å². The van der Waals surface area contributed by atoms with Crippen molar-refractivity contribution < 1.29 is 14.3 Å². The molecule has 1 amide bonds. The Morgan fingerprint density at radius 3 is 2.61 bits per heavy atom. The summed E-state index contributed by atoms with van der Waals surface area (Å²) in [4.78, 5) is 21.8. The molecule has 0 atom stereocenters. The van der Waals surface area contributed by atoms with Gasteiger partial charge in [-0.25, -0.2) is 4.98 Å². The Bertz CT molecular complexity index is 872. The zero-order valence-corrected chi connectivity index (χ0v) is 16.3. The van der Waals surface area contributed by atoms with E-state index in [1.54, 1.807) is 43.4 Å². The van der Waals surface area contributed by atoms with E-state index in [0.29, 0.717) is 30.3 Å². The highest BCUT2D eigenvalue weighted by atomic mass is 32.2. The van der Waals surface area contributed by atoms with Crippen LogP contribution >= 0.6 is 11.8 Å². The zero-order chi connectivity index (χ0) is 19.6. The molecule has 7 heteroatoms. The first-order chi connectivity index (χ1) is 13.7. The van der Waals surface area contributed by atoms with Gasteiger partial charge in [-0.3, -0.25) is 9.78 Å². The van der Waals surface area contributed by atoms with Gasteiger partial charge < -0.3 is 14.8 Å². The van der Waals surface area contributed by atoms with Crippen molar-refractivity contribution in [1.29, 1.82) is 0 Å². The number of amides is 1. The van der Waals surface area contributed by atoms with Crippen LogP contribution in [0.15, 0.2) is 72.0 Å². The van der Waals surface area contributed by atoms with Gasteiger partial charge in [0.1, 0.15) is 6.61 Å². The number of anilines is 1. The van der Waals surface area contributed by atoms with E-state index >= 15 is 0 Å². The second-order valence-electron chi connectivity index (χ2n) is 5.85.